The van der Waals surface area contributed by atoms with E-state index in [2.05, 4.69) is 25.2 Å². The highest BCUT2D eigenvalue weighted by atomic mass is 35.5. The molecule has 0 fully saturated rings. The number of rotatable bonds is 3. The lowest BCUT2D eigenvalue weighted by atomic mass is 10.1. The number of carbonyl (C=O) groups is 1. The molecule has 0 atom stereocenters. The predicted molar refractivity (Wildman–Crippen MR) is 104 cm³/mol. The van der Waals surface area contributed by atoms with Crippen molar-refractivity contribution >= 4 is 23.2 Å². The van der Waals surface area contributed by atoms with E-state index in [9.17, 15) is 4.79 Å². The lowest BCUT2D eigenvalue weighted by Gasteiger charge is -2.09. The normalized spacial score (nSPS) is 13.9. The number of anilines is 1. The van der Waals surface area contributed by atoms with E-state index in [0.29, 0.717) is 22.1 Å². The molecule has 0 spiro atoms. The number of nitrogens with one attached hydrogen (secondary N) is 1. The molecule has 1 aliphatic rings. The van der Waals surface area contributed by atoms with Gasteiger partial charge < -0.3 is 9.88 Å². The molecule has 1 amide bonds. The molecule has 3 heterocycles. The smallest absolute Gasteiger partial charge is 0.260 e. The number of aryl methyl sites for hydroxylation is 3. The van der Waals surface area contributed by atoms with Gasteiger partial charge in [0.2, 0.25) is 0 Å². The Morgan fingerprint density at radius 3 is 2.85 bits per heavy atom. The maximum absolute atomic E-state index is 12.7. The van der Waals surface area contributed by atoms with Crippen molar-refractivity contribution < 1.29 is 4.79 Å². The summed E-state index contributed by atoms with van der Waals surface area (Å²) in [5, 5.41) is 16.2. The van der Waals surface area contributed by atoms with E-state index in [1.165, 1.54) is 11.1 Å². The molecule has 3 aromatic rings. The van der Waals surface area contributed by atoms with E-state index < -0.39 is 0 Å². The Morgan fingerprint density at radius 2 is 2.07 bits per heavy atom. The molecule has 0 saturated carbocycles. The zero-order chi connectivity index (χ0) is 19.0. The molecule has 7 nitrogen and oxygen atoms in total. The molecule has 4 rings (SSSR count). The highest BCUT2D eigenvalue weighted by Crippen LogP contribution is 2.26. The molecular weight excluding hydrogens is 364 g/mol. The molecule has 0 radical (unpaired) electrons. The van der Waals surface area contributed by atoms with Crippen molar-refractivity contribution in [3.63, 3.8) is 0 Å². The van der Waals surface area contributed by atoms with Crippen molar-refractivity contribution in [2.45, 2.75) is 39.2 Å². The van der Waals surface area contributed by atoms with E-state index in [4.69, 9.17) is 11.6 Å². The van der Waals surface area contributed by atoms with E-state index in [1.807, 2.05) is 24.3 Å². The van der Waals surface area contributed by atoms with Crippen LogP contribution in [0.25, 0.3) is 11.4 Å². The first-order chi connectivity index (χ1) is 13.0. The zero-order valence-electron chi connectivity index (χ0n) is 15.4. The van der Waals surface area contributed by atoms with Crippen LogP contribution in [0.15, 0.2) is 24.3 Å². The predicted octanol–water partition coefficient (Wildman–Crippen LogP) is 3.62. The molecule has 1 aromatic carbocycles. The second-order valence-corrected chi connectivity index (χ2v) is 7.17. The van der Waals surface area contributed by atoms with Gasteiger partial charge in [0.05, 0.1) is 11.3 Å². The minimum Gasteiger partial charge on any atom is -0.322 e. The first kappa shape index (κ1) is 17.7. The Morgan fingerprint density at radius 1 is 1.22 bits per heavy atom. The Balaban J connectivity index is 1.62. The molecule has 0 unspecified atom stereocenters. The van der Waals surface area contributed by atoms with Gasteiger partial charge in [-0.2, -0.15) is 5.10 Å². The van der Waals surface area contributed by atoms with Crippen molar-refractivity contribution in [2.75, 3.05) is 5.32 Å². The molecular formula is C19H21ClN6O. The Kier molecular flexibility index (Phi) is 4.70. The van der Waals surface area contributed by atoms with Gasteiger partial charge in [0, 0.05) is 31.3 Å². The number of aromatic nitrogens is 5. The Hall–Kier alpha value is -2.67. The van der Waals surface area contributed by atoms with Crippen LogP contribution in [0, 0.1) is 6.92 Å². The maximum atomic E-state index is 12.7. The molecule has 0 bridgehead atoms. The highest BCUT2D eigenvalue weighted by Gasteiger charge is 2.20. The number of carbonyl (C=O) groups excluding carboxylic acids is 1. The lowest BCUT2D eigenvalue weighted by Crippen LogP contribution is -2.13. The van der Waals surface area contributed by atoms with E-state index in [0.717, 1.165) is 43.0 Å². The topological polar surface area (TPSA) is 77.6 Å². The summed E-state index contributed by atoms with van der Waals surface area (Å²) in [4.78, 5) is 12.7. The van der Waals surface area contributed by atoms with Crippen LogP contribution in [0.1, 0.15) is 41.1 Å². The summed E-state index contributed by atoms with van der Waals surface area (Å²) >= 11 is 6.20. The lowest BCUT2D eigenvalue weighted by molar-refractivity contribution is 0.102. The van der Waals surface area contributed by atoms with Crippen LogP contribution >= 0.6 is 11.6 Å². The highest BCUT2D eigenvalue weighted by molar-refractivity contribution is 6.33. The van der Waals surface area contributed by atoms with Crippen molar-refractivity contribution in [1.29, 1.82) is 0 Å². The monoisotopic (exact) mass is 384 g/mol. The summed E-state index contributed by atoms with van der Waals surface area (Å²) < 4.78 is 3.68. The first-order valence-electron chi connectivity index (χ1n) is 9.07. The fourth-order valence-corrected chi connectivity index (χ4v) is 3.78. The van der Waals surface area contributed by atoms with Crippen LogP contribution in [0.2, 0.25) is 5.15 Å². The minimum atomic E-state index is -0.275. The number of halogens is 1. The number of hydrogen-bond donors (Lipinski definition) is 1. The molecule has 1 aliphatic heterocycles. The number of nitrogens with zero attached hydrogens (tertiary/aromatic N) is 5. The van der Waals surface area contributed by atoms with Gasteiger partial charge in [-0.1, -0.05) is 30.2 Å². The van der Waals surface area contributed by atoms with E-state index in [-0.39, 0.29) is 5.91 Å². The van der Waals surface area contributed by atoms with Crippen LogP contribution < -0.4 is 5.32 Å². The van der Waals surface area contributed by atoms with Gasteiger partial charge in [-0.25, -0.2) is 0 Å². The van der Waals surface area contributed by atoms with Gasteiger partial charge in [0.15, 0.2) is 5.82 Å². The molecule has 2 aromatic heterocycles. The third kappa shape index (κ3) is 3.35. The fraction of sp³-hybridized carbons (Fsp3) is 0.368. The second kappa shape index (κ2) is 7.15. The zero-order valence-corrected chi connectivity index (χ0v) is 16.1. The van der Waals surface area contributed by atoms with Crippen LogP contribution in [0.3, 0.4) is 0 Å². The van der Waals surface area contributed by atoms with Gasteiger partial charge in [0.1, 0.15) is 11.0 Å². The summed E-state index contributed by atoms with van der Waals surface area (Å²) in [5.74, 6) is 1.61. The van der Waals surface area contributed by atoms with Gasteiger partial charge in [-0.3, -0.25) is 9.48 Å². The van der Waals surface area contributed by atoms with Gasteiger partial charge >= 0.3 is 0 Å². The average Bonchev–Trinajstić information content (AvgIpc) is 3.05. The number of amides is 1. The minimum absolute atomic E-state index is 0.275. The summed E-state index contributed by atoms with van der Waals surface area (Å²) in [6.07, 6.45) is 4.46. The number of fused-ring (bicyclic) bond motifs is 1. The standard InChI is InChI=1S/C19H21ClN6O/c1-12-16(17(20)25(2)24-12)19(27)21-14-8-6-7-13(11-14)18-23-22-15-9-4-3-5-10-26(15)18/h6-8,11H,3-5,9-10H2,1-2H3,(H,21,27). The second-order valence-electron chi connectivity index (χ2n) is 6.81. The summed E-state index contributed by atoms with van der Waals surface area (Å²) in [6.45, 7) is 2.70. The van der Waals surface area contributed by atoms with Crippen molar-refractivity contribution in [3.8, 4) is 11.4 Å². The van der Waals surface area contributed by atoms with Crippen molar-refractivity contribution in [1.82, 2.24) is 24.5 Å². The molecule has 140 valence electrons. The van der Waals surface area contributed by atoms with Gasteiger partial charge in [-0.05, 0) is 31.9 Å². The molecule has 0 aliphatic carbocycles. The van der Waals surface area contributed by atoms with Gasteiger partial charge in [-0.15, -0.1) is 10.2 Å². The van der Waals surface area contributed by atoms with Crippen LogP contribution in [-0.4, -0.2) is 30.5 Å². The van der Waals surface area contributed by atoms with Crippen LogP contribution in [-0.2, 0) is 20.0 Å². The first-order valence-corrected chi connectivity index (χ1v) is 9.45. The van der Waals surface area contributed by atoms with Crippen molar-refractivity contribution in [3.05, 3.63) is 46.5 Å². The summed E-state index contributed by atoms with van der Waals surface area (Å²) in [7, 11) is 1.71. The summed E-state index contributed by atoms with van der Waals surface area (Å²) in [5.41, 5.74) is 2.60. The Labute approximate surface area is 162 Å². The molecule has 27 heavy (non-hydrogen) atoms. The maximum Gasteiger partial charge on any atom is 0.260 e. The van der Waals surface area contributed by atoms with Crippen molar-refractivity contribution in [2.24, 2.45) is 7.05 Å². The average molecular weight is 385 g/mol. The molecule has 8 heteroatoms. The van der Waals surface area contributed by atoms with E-state index in [1.54, 1.807) is 14.0 Å². The Bertz CT molecular complexity index is 1010. The number of benzene rings is 1. The van der Waals surface area contributed by atoms with Crippen LogP contribution in [0.4, 0.5) is 5.69 Å². The summed E-state index contributed by atoms with van der Waals surface area (Å²) in [6, 6.07) is 7.65. The third-order valence-corrected chi connectivity index (χ3v) is 5.30. The largest absolute Gasteiger partial charge is 0.322 e. The number of hydrogen-bond acceptors (Lipinski definition) is 4. The third-order valence-electron chi connectivity index (χ3n) is 4.87. The van der Waals surface area contributed by atoms with E-state index >= 15 is 0 Å². The molecule has 0 saturated heterocycles. The molecule has 1 N–H and O–H groups in total. The fourth-order valence-electron chi connectivity index (χ4n) is 3.52. The quantitative estimate of drug-likeness (QED) is 0.748. The van der Waals surface area contributed by atoms with Crippen LogP contribution in [0.5, 0.6) is 0 Å². The van der Waals surface area contributed by atoms with Gasteiger partial charge in [0.25, 0.3) is 5.91 Å². The SMILES string of the molecule is Cc1nn(C)c(Cl)c1C(=O)Nc1cccc(-c2nnc3n2CCCCC3)c1.